The van der Waals surface area contributed by atoms with E-state index in [-0.39, 0.29) is 29.2 Å². The van der Waals surface area contributed by atoms with Gasteiger partial charge in [0.15, 0.2) is 5.65 Å². The number of hydrogen-bond acceptors (Lipinski definition) is 7. The zero-order valence-corrected chi connectivity index (χ0v) is 21.8. The molecular formula is C27H28F3N7O2. The van der Waals surface area contributed by atoms with Crippen molar-refractivity contribution in [1.29, 1.82) is 0 Å². The fourth-order valence-corrected chi connectivity index (χ4v) is 4.48. The molecule has 39 heavy (non-hydrogen) atoms. The van der Waals surface area contributed by atoms with Crippen LogP contribution in [-0.2, 0) is 19.8 Å². The van der Waals surface area contributed by atoms with E-state index < -0.39 is 17.6 Å². The van der Waals surface area contributed by atoms with E-state index in [0.717, 1.165) is 24.7 Å². The molecular weight excluding hydrogens is 511 g/mol. The lowest BCUT2D eigenvalue weighted by Gasteiger charge is -2.33. The van der Waals surface area contributed by atoms with Crippen molar-refractivity contribution in [2.24, 2.45) is 7.05 Å². The molecule has 0 atom stereocenters. The SMILES string of the molecule is Cc1ccc(C(=O)Nc2ccc(CN3CCN(C)CC3)c(C(F)(F)F)c2)cc1Oc1ncnc2c1cnn2C. The summed E-state index contributed by atoms with van der Waals surface area (Å²) in [6.45, 7) is 5.02. The lowest BCUT2D eigenvalue weighted by atomic mass is 10.0. The zero-order chi connectivity index (χ0) is 27.7. The van der Waals surface area contributed by atoms with Crippen LogP contribution in [-0.4, -0.2) is 68.7 Å². The van der Waals surface area contributed by atoms with Gasteiger partial charge in [-0.1, -0.05) is 12.1 Å². The number of hydrogen-bond donors (Lipinski definition) is 1. The average molecular weight is 540 g/mol. The third-order valence-corrected chi connectivity index (χ3v) is 6.81. The Morgan fingerprint density at radius 1 is 1.05 bits per heavy atom. The zero-order valence-electron chi connectivity index (χ0n) is 21.8. The molecule has 4 aromatic rings. The molecule has 9 nitrogen and oxygen atoms in total. The van der Waals surface area contributed by atoms with Gasteiger partial charge >= 0.3 is 6.18 Å². The highest BCUT2D eigenvalue weighted by atomic mass is 19.4. The van der Waals surface area contributed by atoms with E-state index in [9.17, 15) is 18.0 Å². The molecule has 1 saturated heterocycles. The number of likely N-dealkylation sites (N-methyl/N-ethyl adjacent to an activating group) is 1. The Bertz CT molecular complexity index is 1510. The molecule has 3 heterocycles. The first-order chi connectivity index (χ1) is 18.6. The van der Waals surface area contributed by atoms with Crippen LogP contribution >= 0.6 is 0 Å². The van der Waals surface area contributed by atoms with E-state index in [1.165, 1.54) is 24.5 Å². The second-order valence-electron chi connectivity index (χ2n) is 9.67. The van der Waals surface area contributed by atoms with Crippen LogP contribution in [0.4, 0.5) is 18.9 Å². The molecule has 0 spiro atoms. The van der Waals surface area contributed by atoms with Gasteiger partial charge in [-0.15, -0.1) is 0 Å². The number of carbonyl (C=O) groups is 1. The average Bonchev–Trinajstić information content (AvgIpc) is 3.28. The quantitative estimate of drug-likeness (QED) is 0.387. The van der Waals surface area contributed by atoms with Gasteiger partial charge in [0.1, 0.15) is 17.5 Å². The molecule has 0 aliphatic carbocycles. The van der Waals surface area contributed by atoms with Gasteiger partial charge in [-0.05, 0) is 49.4 Å². The molecule has 2 aromatic heterocycles. The topological polar surface area (TPSA) is 88.4 Å². The smallest absolute Gasteiger partial charge is 0.416 e. The Morgan fingerprint density at radius 2 is 1.82 bits per heavy atom. The van der Waals surface area contributed by atoms with Crippen LogP contribution in [0.25, 0.3) is 11.0 Å². The summed E-state index contributed by atoms with van der Waals surface area (Å²) in [7, 11) is 3.74. The molecule has 1 aliphatic heterocycles. The number of rotatable bonds is 6. The fourth-order valence-electron chi connectivity index (χ4n) is 4.48. The van der Waals surface area contributed by atoms with Gasteiger partial charge in [0.25, 0.3) is 5.91 Å². The number of aryl methyl sites for hydroxylation is 2. The molecule has 1 N–H and O–H groups in total. The highest BCUT2D eigenvalue weighted by Crippen LogP contribution is 2.35. The maximum atomic E-state index is 13.9. The van der Waals surface area contributed by atoms with E-state index in [0.29, 0.717) is 29.9 Å². The number of alkyl halides is 3. The van der Waals surface area contributed by atoms with Crippen LogP contribution in [0.2, 0.25) is 0 Å². The first kappa shape index (κ1) is 26.6. The summed E-state index contributed by atoms with van der Waals surface area (Å²) in [4.78, 5) is 25.6. The minimum atomic E-state index is -4.55. The molecule has 0 unspecified atom stereocenters. The minimum Gasteiger partial charge on any atom is -0.438 e. The number of nitrogens with zero attached hydrogens (tertiary/aromatic N) is 6. The van der Waals surface area contributed by atoms with Crippen LogP contribution in [0.15, 0.2) is 48.9 Å². The number of halogens is 3. The minimum absolute atomic E-state index is 0.0605. The predicted octanol–water partition coefficient (Wildman–Crippen LogP) is 4.48. The van der Waals surface area contributed by atoms with Crippen molar-refractivity contribution in [1.82, 2.24) is 29.5 Å². The van der Waals surface area contributed by atoms with Gasteiger partial charge in [0, 0.05) is 51.0 Å². The Kier molecular flexibility index (Phi) is 7.23. The molecule has 1 aliphatic rings. The summed E-state index contributed by atoms with van der Waals surface area (Å²) >= 11 is 0. The maximum Gasteiger partial charge on any atom is 0.416 e. The fraction of sp³-hybridized carbons (Fsp3) is 0.333. The summed E-state index contributed by atoms with van der Waals surface area (Å²) < 4.78 is 49.4. The van der Waals surface area contributed by atoms with E-state index in [4.69, 9.17) is 4.74 Å². The highest BCUT2D eigenvalue weighted by Gasteiger charge is 2.34. The summed E-state index contributed by atoms with van der Waals surface area (Å²) in [6, 6.07) is 8.75. The Hall–Kier alpha value is -4.03. The second-order valence-corrected chi connectivity index (χ2v) is 9.67. The number of fused-ring (bicyclic) bond motifs is 1. The number of benzene rings is 2. The van der Waals surface area contributed by atoms with Crippen molar-refractivity contribution < 1.29 is 22.7 Å². The number of anilines is 1. The Labute approximate surface area is 223 Å². The molecule has 2 aromatic carbocycles. The molecule has 204 valence electrons. The van der Waals surface area contributed by atoms with Crippen LogP contribution in [0.5, 0.6) is 11.6 Å². The van der Waals surface area contributed by atoms with Gasteiger partial charge in [-0.2, -0.15) is 18.3 Å². The number of carbonyl (C=O) groups excluding carboxylic acids is 1. The Morgan fingerprint density at radius 3 is 2.56 bits per heavy atom. The normalized spacial score (nSPS) is 15.0. The Balaban J connectivity index is 1.35. The van der Waals surface area contributed by atoms with Crippen molar-refractivity contribution in [3.05, 3.63) is 71.2 Å². The standard InChI is InChI=1S/C27H28F3N7O2/c1-17-4-5-18(12-23(17)39-26-21-14-33-36(3)24(21)31-16-32-26)25(38)34-20-7-6-19(22(13-20)27(28,29)30)15-37-10-8-35(2)9-11-37/h4-7,12-14,16H,8-11,15H2,1-3H3,(H,34,38). The van der Waals surface area contributed by atoms with Crippen molar-refractivity contribution >= 4 is 22.6 Å². The summed E-state index contributed by atoms with van der Waals surface area (Å²) in [5.74, 6) is 0.0959. The first-order valence-electron chi connectivity index (χ1n) is 12.4. The highest BCUT2D eigenvalue weighted by molar-refractivity contribution is 6.04. The van der Waals surface area contributed by atoms with Crippen LogP contribution < -0.4 is 10.1 Å². The predicted molar refractivity (Wildman–Crippen MR) is 140 cm³/mol. The molecule has 12 heteroatoms. The number of nitrogens with one attached hydrogen (secondary N) is 1. The molecule has 0 bridgehead atoms. The van der Waals surface area contributed by atoms with Gasteiger partial charge in [0.2, 0.25) is 5.88 Å². The third-order valence-electron chi connectivity index (χ3n) is 6.81. The summed E-state index contributed by atoms with van der Waals surface area (Å²) in [5, 5.41) is 7.36. The van der Waals surface area contributed by atoms with Gasteiger partial charge in [-0.25, -0.2) is 9.97 Å². The van der Waals surface area contributed by atoms with Crippen LogP contribution in [0.1, 0.15) is 27.0 Å². The van der Waals surface area contributed by atoms with Gasteiger partial charge in [-0.3, -0.25) is 14.4 Å². The second kappa shape index (κ2) is 10.6. The van der Waals surface area contributed by atoms with Crippen LogP contribution in [0.3, 0.4) is 0 Å². The molecule has 1 fully saturated rings. The maximum absolute atomic E-state index is 13.9. The largest absolute Gasteiger partial charge is 0.438 e. The molecule has 1 amide bonds. The number of ether oxygens (including phenoxy) is 1. The lowest BCUT2D eigenvalue weighted by molar-refractivity contribution is -0.138. The number of aromatic nitrogens is 4. The monoisotopic (exact) mass is 539 g/mol. The lowest BCUT2D eigenvalue weighted by Crippen LogP contribution is -2.44. The third kappa shape index (κ3) is 5.86. The molecule has 5 rings (SSSR count). The number of piperazine rings is 1. The number of amides is 1. The molecule has 0 saturated carbocycles. The van der Waals surface area contributed by atoms with Crippen molar-refractivity contribution in [3.63, 3.8) is 0 Å². The van der Waals surface area contributed by atoms with Crippen molar-refractivity contribution in [2.75, 3.05) is 38.5 Å². The van der Waals surface area contributed by atoms with E-state index in [2.05, 4.69) is 25.3 Å². The van der Waals surface area contributed by atoms with Gasteiger partial charge in [0.05, 0.1) is 11.8 Å². The van der Waals surface area contributed by atoms with Gasteiger partial charge < -0.3 is 15.0 Å². The van der Waals surface area contributed by atoms with Crippen molar-refractivity contribution in [2.45, 2.75) is 19.6 Å². The van der Waals surface area contributed by atoms with Crippen molar-refractivity contribution in [3.8, 4) is 11.6 Å². The van der Waals surface area contributed by atoms with E-state index in [1.54, 1.807) is 30.1 Å². The van der Waals surface area contributed by atoms with E-state index >= 15 is 0 Å². The van der Waals surface area contributed by atoms with Crippen LogP contribution in [0, 0.1) is 6.92 Å². The summed E-state index contributed by atoms with van der Waals surface area (Å²) in [5.41, 5.74) is 1.05. The summed E-state index contributed by atoms with van der Waals surface area (Å²) in [6.07, 6.45) is -1.61. The van der Waals surface area contributed by atoms with E-state index in [1.807, 2.05) is 18.9 Å². The molecule has 0 radical (unpaired) electrons. The first-order valence-corrected chi connectivity index (χ1v) is 12.4.